The molecule has 0 aliphatic rings. The molecule has 0 aliphatic heterocycles. The molecule has 1 aromatic heterocycles. The lowest BCUT2D eigenvalue weighted by atomic mass is 10.1. The maximum Gasteiger partial charge on any atom is 0.0656 e. The number of thiophene rings is 1. The molecule has 2 nitrogen and oxygen atoms in total. The number of nitrogen functional groups attached to an aromatic ring is 1. The number of hydrogen-bond donors (Lipinski definition) is 2. The predicted molar refractivity (Wildman–Crippen MR) is 72.2 cm³/mol. The van der Waals surface area contributed by atoms with E-state index in [9.17, 15) is 0 Å². The molecule has 84 valence electrons. The lowest BCUT2D eigenvalue weighted by Gasteiger charge is -2.10. The summed E-state index contributed by atoms with van der Waals surface area (Å²) in [6.07, 6.45) is 0. The lowest BCUT2D eigenvalue weighted by Crippen LogP contribution is -2.01. The van der Waals surface area contributed by atoms with Gasteiger partial charge < -0.3 is 11.1 Å². The highest BCUT2D eigenvalue weighted by Gasteiger charge is 2.03. The zero-order valence-electron chi connectivity index (χ0n) is 8.96. The Labute approximate surface area is 104 Å². The van der Waals surface area contributed by atoms with Gasteiger partial charge in [-0.25, -0.2) is 0 Å². The van der Waals surface area contributed by atoms with Crippen LogP contribution in [0.15, 0.2) is 29.0 Å². The molecular weight excluding hydrogens is 240 g/mol. The Morgan fingerprint density at radius 1 is 1.44 bits per heavy atom. The summed E-state index contributed by atoms with van der Waals surface area (Å²) >= 11 is 7.68. The van der Waals surface area contributed by atoms with Gasteiger partial charge in [0.2, 0.25) is 0 Å². The fraction of sp³-hybridized carbons (Fsp3) is 0.167. The molecule has 3 N–H and O–H groups in total. The number of rotatable bonds is 3. The van der Waals surface area contributed by atoms with Gasteiger partial charge in [0.25, 0.3) is 0 Å². The Kier molecular flexibility index (Phi) is 3.36. The molecule has 1 aromatic carbocycles. The van der Waals surface area contributed by atoms with Crippen LogP contribution in [0.25, 0.3) is 0 Å². The van der Waals surface area contributed by atoms with E-state index in [2.05, 4.69) is 22.1 Å². The standard InChI is InChI=1S/C12H13ClN2S/c1-8-4-11(14)10(13)5-12(8)15-6-9-2-3-16-7-9/h2-5,7,15H,6,14H2,1H3. The first-order valence-electron chi connectivity index (χ1n) is 4.97. The second-order valence-corrected chi connectivity index (χ2v) is 4.86. The van der Waals surface area contributed by atoms with Crippen molar-refractivity contribution in [1.82, 2.24) is 0 Å². The average molecular weight is 253 g/mol. The lowest BCUT2D eigenvalue weighted by molar-refractivity contribution is 1.15. The van der Waals surface area contributed by atoms with E-state index < -0.39 is 0 Å². The molecule has 16 heavy (non-hydrogen) atoms. The summed E-state index contributed by atoms with van der Waals surface area (Å²) in [4.78, 5) is 0. The van der Waals surface area contributed by atoms with E-state index >= 15 is 0 Å². The molecule has 0 saturated carbocycles. The number of benzene rings is 1. The summed E-state index contributed by atoms with van der Waals surface area (Å²) in [6.45, 7) is 2.83. The maximum absolute atomic E-state index is 5.98. The van der Waals surface area contributed by atoms with E-state index in [1.54, 1.807) is 11.3 Å². The van der Waals surface area contributed by atoms with Crippen LogP contribution >= 0.6 is 22.9 Å². The molecular formula is C12H13ClN2S. The number of hydrogen-bond acceptors (Lipinski definition) is 3. The molecule has 0 saturated heterocycles. The van der Waals surface area contributed by atoms with Gasteiger partial charge in [-0.1, -0.05) is 11.6 Å². The maximum atomic E-state index is 5.98. The van der Waals surface area contributed by atoms with Crippen molar-refractivity contribution in [2.24, 2.45) is 0 Å². The third-order valence-electron chi connectivity index (χ3n) is 2.41. The van der Waals surface area contributed by atoms with Gasteiger partial charge in [0.1, 0.15) is 0 Å². The first kappa shape index (κ1) is 11.3. The molecule has 1 heterocycles. The van der Waals surface area contributed by atoms with Gasteiger partial charge >= 0.3 is 0 Å². The quantitative estimate of drug-likeness (QED) is 0.813. The first-order valence-corrected chi connectivity index (χ1v) is 6.29. The number of nitrogens with one attached hydrogen (secondary N) is 1. The smallest absolute Gasteiger partial charge is 0.0656 e. The highest BCUT2D eigenvalue weighted by Crippen LogP contribution is 2.27. The van der Waals surface area contributed by atoms with E-state index in [0.29, 0.717) is 10.7 Å². The van der Waals surface area contributed by atoms with E-state index in [-0.39, 0.29) is 0 Å². The van der Waals surface area contributed by atoms with Gasteiger partial charge in [-0.15, -0.1) is 0 Å². The molecule has 0 amide bonds. The normalized spacial score (nSPS) is 10.4. The van der Waals surface area contributed by atoms with Crippen molar-refractivity contribution >= 4 is 34.3 Å². The Morgan fingerprint density at radius 2 is 2.25 bits per heavy atom. The minimum absolute atomic E-state index is 0.596. The van der Waals surface area contributed by atoms with Crippen molar-refractivity contribution < 1.29 is 0 Å². The summed E-state index contributed by atoms with van der Waals surface area (Å²) in [5, 5.41) is 8.14. The van der Waals surface area contributed by atoms with Crippen LogP contribution in [0.5, 0.6) is 0 Å². The Morgan fingerprint density at radius 3 is 2.94 bits per heavy atom. The van der Waals surface area contributed by atoms with Crippen LogP contribution in [0.2, 0.25) is 5.02 Å². The van der Waals surface area contributed by atoms with Crippen LogP contribution < -0.4 is 11.1 Å². The minimum atomic E-state index is 0.596. The number of aryl methyl sites for hydroxylation is 1. The molecule has 0 unspecified atom stereocenters. The largest absolute Gasteiger partial charge is 0.398 e. The van der Waals surface area contributed by atoms with Crippen molar-refractivity contribution in [1.29, 1.82) is 0 Å². The first-order chi connectivity index (χ1) is 7.66. The number of nitrogens with two attached hydrogens (primary N) is 1. The summed E-state index contributed by atoms with van der Waals surface area (Å²) < 4.78 is 0. The summed E-state index contributed by atoms with van der Waals surface area (Å²) in [7, 11) is 0. The minimum Gasteiger partial charge on any atom is -0.398 e. The van der Waals surface area contributed by atoms with E-state index in [4.69, 9.17) is 17.3 Å². The molecule has 2 rings (SSSR count). The summed E-state index contributed by atoms with van der Waals surface area (Å²) in [5.74, 6) is 0. The molecule has 2 aromatic rings. The Balaban J connectivity index is 2.12. The molecule has 0 spiro atoms. The van der Waals surface area contributed by atoms with Crippen LogP contribution in [0, 0.1) is 6.92 Å². The number of halogens is 1. The van der Waals surface area contributed by atoms with Gasteiger partial charge in [-0.2, -0.15) is 11.3 Å². The second kappa shape index (κ2) is 4.76. The van der Waals surface area contributed by atoms with Gasteiger partial charge in [0.05, 0.1) is 10.7 Å². The van der Waals surface area contributed by atoms with Crippen LogP contribution in [0.4, 0.5) is 11.4 Å². The van der Waals surface area contributed by atoms with Crippen LogP contribution in [-0.2, 0) is 6.54 Å². The van der Waals surface area contributed by atoms with E-state index in [0.717, 1.165) is 17.8 Å². The molecule has 0 radical (unpaired) electrons. The zero-order chi connectivity index (χ0) is 11.5. The summed E-state index contributed by atoms with van der Waals surface area (Å²) in [6, 6.07) is 5.86. The molecule has 0 bridgehead atoms. The predicted octanol–water partition coefficient (Wildman–Crippen LogP) is 3.90. The third kappa shape index (κ3) is 2.49. The van der Waals surface area contributed by atoms with Crippen LogP contribution in [-0.4, -0.2) is 0 Å². The van der Waals surface area contributed by atoms with E-state index in [1.165, 1.54) is 5.56 Å². The fourth-order valence-corrected chi connectivity index (χ4v) is 2.32. The monoisotopic (exact) mass is 252 g/mol. The summed E-state index contributed by atoms with van der Waals surface area (Å²) in [5.41, 5.74) is 9.76. The third-order valence-corrected chi connectivity index (χ3v) is 3.47. The second-order valence-electron chi connectivity index (χ2n) is 3.67. The molecule has 0 aliphatic carbocycles. The highest BCUT2D eigenvalue weighted by molar-refractivity contribution is 7.07. The Hall–Kier alpha value is -1.19. The van der Waals surface area contributed by atoms with Crippen molar-refractivity contribution in [3.05, 3.63) is 45.1 Å². The van der Waals surface area contributed by atoms with Gasteiger partial charge in [0, 0.05) is 12.2 Å². The van der Waals surface area contributed by atoms with Crippen LogP contribution in [0.1, 0.15) is 11.1 Å². The van der Waals surface area contributed by atoms with Crippen molar-refractivity contribution in [2.45, 2.75) is 13.5 Å². The SMILES string of the molecule is Cc1cc(N)c(Cl)cc1NCc1ccsc1. The highest BCUT2D eigenvalue weighted by atomic mass is 35.5. The molecule has 0 fully saturated rings. The topological polar surface area (TPSA) is 38.0 Å². The van der Waals surface area contributed by atoms with Crippen LogP contribution in [0.3, 0.4) is 0 Å². The van der Waals surface area contributed by atoms with Crippen molar-refractivity contribution in [2.75, 3.05) is 11.1 Å². The van der Waals surface area contributed by atoms with Crippen molar-refractivity contribution in [3.8, 4) is 0 Å². The molecule has 0 atom stereocenters. The van der Waals surface area contributed by atoms with Gasteiger partial charge in [-0.05, 0) is 47.0 Å². The number of anilines is 2. The zero-order valence-corrected chi connectivity index (χ0v) is 10.5. The Bertz CT molecular complexity index is 480. The fourth-order valence-electron chi connectivity index (χ4n) is 1.48. The van der Waals surface area contributed by atoms with E-state index in [1.807, 2.05) is 19.1 Å². The average Bonchev–Trinajstić information content (AvgIpc) is 2.74. The van der Waals surface area contributed by atoms with Crippen molar-refractivity contribution in [3.63, 3.8) is 0 Å². The van der Waals surface area contributed by atoms with Gasteiger partial charge in [-0.3, -0.25) is 0 Å². The molecule has 4 heteroatoms. The van der Waals surface area contributed by atoms with Gasteiger partial charge in [0.15, 0.2) is 0 Å².